The summed E-state index contributed by atoms with van der Waals surface area (Å²) in [6, 6.07) is -0.911. The molecule has 2 aliphatic heterocycles. The number of allylic oxidation sites excluding steroid dienone is 3. The van der Waals surface area contributed by atoms with E-state index in [1.54, 1.807) is 6.08 Å². The molecule has 2 fully saturated rings. The van der Waals surface area contributed by atoms with Gasteiger partial charge in [0.15, 0.2) is 12.6 Å². The van der Waals surface area contributed by atoms with Crippen LogP contribution in [0.15, 0.2) is 24.3 Å². The third kappa shape index (κ3) is 27.3. The van der Waals surface area contributed by atoms with Crippen molar-refractivity contribution in [1.82, 2.24) is 5.32 Å². The molecule has 400 valence electrons. The fraction of sp³-hybridized carbons (Fsp3) is 0.907. The number of carbonyl (C=O) groups excluding carboxylic acids is 1. The lowest BCUT2D eigenvalue weighted by atomic mass is 9.97. The van der Waals surface area contributed by atoms with Crippen molar-refractivity contribution < 1.29 is 64.6 Å². The number of aliphatic hydroxyl groups excluding tert-OH is 8. The molecular weight excluding hydrogens is 871 g/mol. The Labute approximate surface area is 411 Å². The molecule has 14 nitrogen and oxygen atoms in total. The van der Waals surface area contributed by atoms with Gasteiger partial charge >= 0.3 is 0 Å². The second-order valence-electron chi connectivity index (χ2n) is 19.7. The molecule has 0 aliphatic carbocycles. The van der Waals surface area contributed by atoms with Crippen LogP contribution >= 0.6 is 0 Å². The van der Waals surface area contributed by atoms with Crippen LogP contribution < -0.4 is 5.32 Å². The zero-order chi connectivity index (χ0) is 49.6. The SMILES string of the molecule is CCCCCCCC/C=C\CCCCCCCCCCCCCC(=O)NC(CO[C@@H]1O[C@H](CO)[C@@H](O[C@@H]2O[C@H](CO)[C@H](O)[C@H](O)[C@H]2O)[C@H](O)[C@@H]1O)C(O)/C=C/CCCCCCCCCCCCC. The van der Waals surface area contributed by atoms with Crippen molar-refractivity contribution in [3.05, 3.63) is 24.3 Å². The van der Waals surface area contributed by atoms with Crippen LogP contribution in [-0.2, 0) is 23.7 Å². The Morgan fingerprint density at radius 3 is 1.40 bits per heavy atom. The van der Waals surface area contributed by atoms with Gasteiger partial charge in [-0.25, -0.2) is 0 Å². The van der Waals surface area contributed by atoms with E-state index in [-0.39, 0.29) is 18.9 Å². The molecule has 14 heteroatoms. The van der Waals surface area contributed by atoms with E-state index >= 15 is 0 Å². The van der Waals surface area contributed by atoms with Crippen molar-refractivity contribution in [3.63, 3.8) is 0 Å². The minimum absolute atomic E-state index is 0.240. The van der Waals surface area contributed by atoms with Gasteiger partial charge in [0.1, 0.15) is 48.8 Å². The number of unbranched alkanes of at least 4 members (excludes halogenated alkanes) is 28. The van der Waals surface area contributed by atoms with Gasteiger partial charge in [-0.2, -0.15) is 0 Å². The number of aliphatic hydroxyl groups is 8. The summed E-state index contributed by atoms with van der Waals surface area (Å²) >= 11 is 0. The molecule has 0 aromatic rings. The molecule has 0 spiro atoms. The van der Waals surface area contributed by atoms with Crippen molar-refractivity contribution in [2.24, 2.45) is 0 Å². The lowest BCUT2D eigenvalue weighted by molar-refractivity contribution is -0.359. The average Bonchev–Trinajstić information content (AvgIpc) is 3.34. The molecular formula is C54H101NO13. The maximum absolute atomic E-state index is 13.2. The molecule has 0 saturated carbocycles. The first kappa shape index (κ1) is 62.6. The van der Waals surface area contributed by atoms with Gasteiger partial charge < -0.3 is 65.1 Å². The lowest BCUT2D eigenvalue weighted by Crippen LogP contribution is -2.65. The first-order valence-corrected chi connectivity index (χ1v) is 27.6. The van der Waals surface area contributed by atoms with E-state index in [2.05, 4.69) is 31.3 Å². The Hall–Kier alpha value is -1.53. The van der Waals surface area contributed by atoms with E-state index in [4.69, 9.17) is 18.9 Å². The minimum Gasteiger partial charge on any atom is -0.394 e. The molecule has 0 radical (unpaired) electrons. The van der Waals surface area contributed by atoms with Crippen LogP contribution in [0.5, 0.6) is 0 Å². The van der Waals surface area contributed by atoms with E-state index < -0.39 is 86.8 Å². The van der Waals surface area contributed by atoms with Gasteiger partial charge in [-0.15, -0.1) is 0 Å². The second-order valence-corrected chi connectivity index (χ2v) is 19.7. The highest BCUT2D eigenvalue weighted by Crippen LogP contribution is 2.30. The van der Waals surface area contributed by atoms with Gasteiger partial charge in [-0.1, -0.05) is 192 Å². The number of rotatable bonds is 43. The van der Waals surface area contributed by atoms with Crippen molar-refractivity contribution in [2.45, 2.75) is 293 Å². The highest BCUT2D eigenvalue weighted by Gasteiger charge is 2.51. The molecule has 2 heterocycles. The van der Waals surface area contributed by atoms with E-state index in [1.165, 1.54) is 154 Å². The number of nitrogens with one attached hydrogen (secondary N) is 1. The zero-order valence-corrected chi connectivity index (χ0v) is 42.6. The van der Waals surface area contributed by atoms with Crippen molar-refractivity contribution in [3.8, 4) is 0 Å². The van der Waals surface area contributed by atoms with Crippen LogP contribution in [-0.4, -0.2) is 140 Å². The molecule has 12 atom stereocenters. The summed E-state index contributed by atoms with van der Waals surface area (Å²) < 4.78 is 22.7. The van der Waals surface area contributed by atoms with Crippen molar-refractivity contribution >= 4 is 5.91 Å². The Bertz CT molecular complexity index is 1240. The normalized spacial score (nSPS) is 26.5. The Morgan fingerprint density at radius 1 is 0.515 bits per heavy atom. The minimum atomic E-state index is -1.79. The maximum Gasteiger partial charge on any atom is 0.220 e. The van der Waals surface area contributed by atoms with E-state index in [0.717, 1.165) is 38.5 Å². The first-order chi connectivity index (χ1) is 33.1. The van der Waals surface area contributed by atoms with Crippen LogP contribution in [0.25, 0.3) is 0 Å². The van der Waals surface area contributed by atoms with Gasteiger partial charge in [-0.3, -0.25) is 4.79 Å². The molecule has 2 rings (SSSR count). The maximum atomic E-state index is 13.2. The van der Waals surface area contributed by atoms with Gasteiger partial charge in [0, 0.05) is 6.42 Å². The summed E-state index contributed by atoms with van der Waals surface area (Å²) in [5, 5.41) is 86.8. The molecule has 68 heavy (non-hydrogen) atoms. The van der Waals surface area contributed by atoms with Crippen LogP contribution in [0.4, 0.5) is 0 Å². The van der Waals surface area contributed by atoms with E-state index in [0.29, 0.717) is 6.42 Å². The van der Waals surface area contributed by atoms with Gasteiger partial charge in [0.05, 0.1) is 32.0 Å². The van der Waals surface area contributed by atoms with Crippen LogP contribution in [0.3, 0.4) is 0 Å². The van der Waals surface area contributed by atoms with Gasteiger partial charge in [-0.05, 0) is 44.9 Å². The topological polar surface area (TPSA) is 228 Å². The summed E-state index contributed by atoms with van der Waals surface area (Å²) in [5.41, 5.74) is 0. The number of carbonyl (C=O) groups is 1. The Morgan fingerprint density at radius 2 is 0.926 bits per heavy atom. The number of hydrogen-bond donors (Lipinski definition) is 9. The number of ether oxygens (including phenoxy) is 4. The summed E-state index contributed by atoms with van der Waals surface area (Å²) in [6.07, 6.45) is 29.3. The quantitative estimate of drug-likeness (QED) is 0.0208. The first-order valence-electron chi connectivity index (χ1n) is 27.6. The predicted octanol–water partition coefficient (Wildman–Crippen LogP) is 8.11. The average molecular weight is 972 g/mol. The van der Waals surface area contributed by atoms with E-state index in [9.17, 15) is 45.6 Å². The highest BCUT2D eigenvalue weighted by atomic mass is 16.7. The van der Waals surface area contributed by atoms with Crippen molar-refractivity contribution in [1.29, 1.82) is 0 Å². The zero-order valence-electron chi connectivity index (χ0n) is 42.6. The molecule has 2 unspecified atom stereocenters. The molecule has 2 saturated heterocycles. The van der Waals surface area contributed by atoms with Crippen molar-refractivity contribution in [2.75, 3.05) is 19.8 Å². The van der Waals surface area contributed by atoms with Gasteiger partial charge in [0.2, 0.25) is 5.91 Å². The summed E-state index contributed by atoms with van der Waals surface area (Å²) in [4.78, 5) is 13.2. The highest BCUT2D eigenvalue weighted by molar-refractivity contribution is 5.76. The third-order valence-corrected chi connectivity index (χ3v) is 13.6. The molecule has 9 N–H and O–H groups in total. The van der Waals surface area contributed by atoms with E-state index in [1.807, 2.05) is 6.08 Å². The molecule has 0 aromatic heterocycles. The Kier molecular flexibility index (Phi) is 37.7. The third-order valence-electron chi connectivity index (χ3n) is 13.6. The molecule has 2 aliphatic rings. The molecule has 1 amide bonds. The van der Waals surface area contributed by atoms with Crippen LogP contribution in [0.2, 0.25) is 0 Å². The fourth-order valence-corrected chi connectivity index (χ4v) is 9.11. The summed E-state index contributed by atoms with van der Waals surface area (Å²) in [7, 11) is 0. The molecule has 0 aromatic carbocycles. The summed E-state index contributed by atoms with van der Waals surface area (Å²) in [5.74, 6) is -0.240. The fourth-order valence-electron chi connectivity index (χ4n) is 9.11. The smallest absolute Gasteiger partial charge is 0.220 e. The monoisotopic (exact) mass is 972 g/mol. The standard InChI is InChI=1S/C54H101NO13/c1-3-5-7-9-11-13-15-17-18-19-20-21-22-23-24-26-28-30-32-34-36-38-46(59)55-42(43(58)37-35-33-31-29-27-25-16-14-12-10-8-6-4-2)41-65-53-51(64)49(62)52(45(40-57)67-53)68-54-50(63)48(61)47(60)44(39-56)66-54/h17-18,35,37,42-45,47-54,56-58,60-64H,3-16,19-34,36,38-41H2,1-2H3,(H,55,59)/b18-17-,37-35+/t42?,43?,44-,45-,47+,48+,49-,50-,51+,52-,53-,54+/m1/s1. The van der Waals surface area contributed by atoms with Crippen LogP contribution in [0.1, 0.15) is 219 Å². The largest absolute Gasteiger partial charge is 0.394 e. The van der Waals surface area contributed by atoms with Crippen LogP contribution in [0, 0.1) is 0 Å². The number of amides is 1. The second kappa shape index (κ2) is 41.0. The Balaban J connectivity index is 1.78. The van der Waals surface area contributed by atoms with Gasteiger partial charge in [0.25, 0.3) is 0 Å². The summed E-state index contributed by atoms with van der Waals surface area (Å²) in [6.45, 7) is 2.79. The lowest BCUT2D eigenvalue weighted by Gasteiger charge is -2.46. The predicted molar refractivity (Wildman–Crippen MR) is 268 cm³/mol. The number of hydrogen-bond acceptors (Lipinski definition) is 13. The molecule has 0 bridgehead atoms.